The molecule has 1 atom stereocenters. The van der Waals surface area contributed by atoms with E-state index in [0.717, 1.165) is 17.7 Å². The predicted molar refractivity (Wildman–Crippen MR) is 77.3 cm³/mol. The van der Waals surface area contributed by atoms with Crippen molar-refractivity contribution < 1.29 is 4.74 Å². The average molecular weight is 283 g/mol. The number of hydrogen-bond donors (Lipinski definition) is 3. The molecule has 1 aliphatic rings. The third-order valence-corrected chi connectivity index (χ3v) is 3.66. The van der Waals surface area contributed by atoms with Gasteiger partial charge in [-0.2, -0.15) is 4.98 Å². The van der Waals surface area contributed by atoms with E-state index in [1.54, 1.807) is 0 Å². The van der Waals surface area contributed by atoms with Crippen molar-refractivity contribution in [2.75, 3.05) is 12.3 Å². The van der Waals surface area contributed by atoms with Crippen LogP contribution in [-0.2, 0) is 6.42 Å². The summed E-state index contributed by atoms with van der Waals surface area (Å²) < 4.78 is 5.75. The van der Waals surface area contributed by atoms with Crippen LogP contribution in [-0.4, -0.2) is 26.5 Å². The summed E-state index contributed by atoms with van der Waals surface area (Å²) in [6.45, 7) is 0.518. The van der Waals surface area contributed by atoms with Crippen molar-refractivity contribution in [2.45, 2.75) is 12.3 Å². The minimum Gasteiger partial charge on any atom is -0.493 e. The summed E-state index contributed by atoms with van der Waals surface area (Å²) in [4.78, 5) is 25.7. The molecule has 1 aromatic carbocycles. The normalized spacial score (nSPS) is 17.4. The molecule has 7 nitrogen and oxygen atoms in total. The summed E-state index contributed by atoms with van der Waals surface area (Å²) in [6, 6.07) is 7.92. The smallest absolute Gasteiger partial charge is 0.278 e. The number of para-hydroxylation sites is 1. The van der Waals surface area contributed by atoms with Crippen molar-refractivity contribution in [3.63, 3.8) is 0 Å². The van der Waals surface area contributed by atoms with Gasteiger partial charge in [0.2, 0.25) is 5.95 Å². The third kappa shape index (κ3) is 1.94. The molecule has 0 amide bonds. The fraction of sp³-hybridized carbons (Fsp3) is 0.214. The molecular formula is C14H13N5O2. The van der Waals surface area contributed by atoms with Gasteiger partial charge in [0.15, 0.2) is 11.2 Å². The quantitative estimate of drug-likeness (QED) is 0.616. The van der Waals surface area contributed by atoms with Crippen LogP contribution in [0.1, 0.15) is 17.3 Å². The van der Waals surface area contributed by atoms with Gasteiger partial charge in [-0.15, -0.1) is 0 Å². The Labute approximate surface area is 119 Å². The Hall–Kier alpha value is -2.83. The van der Waals surface area contributed by atoms with Crippen molar-refractivity contribution in [1.29, 1.82) is 0 Å². The molecule has 0 spiro atoms. The van der Waals surface area contributed by atoms with Crippen LogP contribution in [0.4, 0.5) is 5.95 Å². The van der Waals surface area contributed by atoms with Gasteiger partial charge in [-0.25, -0.2) is 4.98 Å². The van der Waals surface area contributed by atoms with E-state index in [1.165, 1.54) is 0 Å². The van der Waals surface area contributed by atoms with Crippen molar-refractivity contribution in [2.24, 2.45) is 0 Å². The van der Waals surface area contributed by atoms with Crippen molar-refractivity contribution in [1.82, 2.24) is 19.9 Å². The lowest BCUT2D eigenvalue weighted by atomic mass is 9.96. The summed E-state index contributed by atoms with van der Waals surface area (Å²) in [5, 5.41) is 0. The second-order valence-electron chi connectivity index (χ2n) is 5.09. The molecule has 1 aliphatic heterocycles. The van der Waals surface area contributed by atoms with E-state index < -0.39 is 0 Å². The summed E-state index contributed by atoms with van der Waals surface area (Å²) in [6.07, 6.45) is 0.809. The van der Waals surface area contributed by atoms with Gasteiger partial charge in [-0.3, -0.25) is 9.78 Å². The minimum atomic E-state index is -0.312. The molecule has 2 aromatic heterocycles. The SMILES string of the molecule is Nc1nc2nc(C3COc4ccccc4C3)[nH]c2c(=O)[nH]1. The van der Waals surface area contributed by atoms with Gasteiger partial charge in [0.05, 0.1) is 12.5 Å². The van der Waals surface area contributed by atoms with E-state index in [0.29, 0.717) is 23.6 Å². The minimum absolute atomic E-state index is 0.0646. The van der Waals surface area contributed by atoms with Gasteiger partial charge >= 0.3 is 0 Å². The molecule has 3 aromatic rings. The largest absolute Gasteiger partial charge is 0.493 e. The Balaban J connectivity index is 1.75. The number of rotatable bonds is 1. The number of aromatic amines is 2. The van der Waals surface area contributed by atoms with Crippen LogP contribution < -0.4 is 16.0 Å². The standard InChI is InChI=1S/C14H13N5O2/c15-14-18-12-10(13(20)19-14)16-11(17-12)8-5-7-3-1-2-4-9(7)21-6-8/h1-4,8H,5-6H2,(H4,15,16,17,18,19,20). The first kappa shape index (κ1) is 12.0. The first-order chi connectivity index (χ1) is 10.2. The van der Waals surface area contributed by atoms with Crippen molar-refractivity contribution in [3.8, 4) is 5.75 Å². The number of aromatic nitrogens is 4. The number of imidazole rings is 1. The molecule has 4 N–H and O–H groups in total. The van der Waals surface area contributed by atoms with Crippen LogP contribution in [0.25, 0.3) is 11.2 Å². The molecule has 1 unspecified atom stereocenters. The lowest BCUT2D eigenvalue weighted by molar-refractivity contribution is 0.258. The molecule has 106 valence electrons. The molecule has 4 rings (SSSR count). The van der Waals surface area contributed by atoms with E-state index in [1.807, 2.05) is 24.3 Å². The Bertz CT molecular complexity index is 882. The van der Waals surface area contributed by atoms with Crippen LogP contribution in [0.2, 0.25) is 0 Å². The van der Waals surface area contributed by atoms with E-state index in [4.69, 9.17) is 10.5 Å². The molecular weight excluding hydrogens is 270 g/mol. The van der Waals surface area contributed by atoms with Gasteiger partial charge in [-0.05, 0) is 18.1 Å². The maximum atomic E-state index is 11.8. The lowest BCUT2D eigenvalue weighted by Crippen LogP contribution is -2.20. The Kier molecular flexibility index (Phi) is 2.47. The topological polar surface area (TPSA) is 110 Å². The summed E-state index contributed by atoms with van der Waals surface area (Å²) in [5.74, 6) is 1.73. The number of benzene rings is 1. The maximum Gasteiger partial charge on any atom is 0.278 e. The van der Waals surface area contributed by atoms with E-state index in [-0.39, 0.29) is 17.4 Å². The number of ether oxygens (including phenoxy) is 1. The van der Waals surface area contributed by atoms with Gasteiger partial charge in [0.1, 0.15) is 11.6 Å². The predicted octanol–water partition coefficient (Wildman–Crippen LogP) is 0.947. The zero-order chi connectivity index (χ0) is 14.4. The number of anilines is 1. The van der Waals surface area contributed by atoms with Crippen molar-refractivity contribution in [3.05, 3.63) is 46.0 Å². The number of nitrogens with two attached hydrogens (primary N) is 1. The van der Waals surface area contributed by atoms with Crippen molar-refractivity contribution >= 4 is 17.1 Å². The molecule has 0 fully saturated rings. The number of hydrogen-bond acceptors (Lipinski definition) is 5. The molecule has 7 heteroatoms. The number of nitrogens with zero attached hydrogens (tertiary/aromatic N) is 2. The highest BCUT2D eigenvalue weighted by atomic mass is 16.5. The van der Waals surface area contributed by atoms with Crippen LogP contribution >= 0.6 is 0 Å². The van der Waals surface area contributed by atoms with Gasteiger partial charge in [0, 0.05) is 0 Å². The first-order valence-corrected chi connectivity index (χ1v) is 6.67. The van der Waals surface area contributed by atoms with Crippen LogP contribution in [0.5, 0.6) is 5.75 Å². The summed E-state index contributed by atoms with van der Waals surface area (Å²) in [5.41, 5.74) is 7.04. The molecule has 0 radical (unpaired) electrons. The summed E-state index contributed by atoms with van der Waals surface area (Å²) >= 11 is 0. The average Bonchev–Trinajstić information content (AvgIpc) is 2.91. The highest BCUT2D eigenvalue weighted by molar-refractivity contribution is 5.70. The monoisotopic (exact) mass is 283 g/mol. The zero-order valence-electron chi connectivity index (χ0n) is 11.1. The molecule has 0 bridgehead atoms. The molecule has 3 heterocycles. The Morgan fingerprint density at radius 3 is 3.00 bits per heavy atom. The fourth-order valence-corrected chi connectivity index (χ4v) is 2.64. The Morgan fingerprint density at radius 2 is 2.10 bits per heavy atom. The molecule has 0 saturated carbocycles. The highest BCUT2D eigenvalue weighted by Gasteiger charge is 2.24. The molecule has 0 aliphatic carbocycles. The fourth-order valence-electron chi connectivity index (χ4n) is 2.64. The number of fused-ring (bicyclic) bond motifs is 2. The molecule has 21 heavy (non-hydrogen) atoms. The number of nitrogens with one attached hydrogen (secondary N) is 2. The number of H-pyrrole nitrogens is 2. The zero-order valence-corrected chi connectivity index (χ0v) is 11.1. The lowest BCUT2D eigenvalue weighted by Gasteiger charge is -2.23. The van der Waals surface area contributed by atoms with E-state index >= 15 is 0 Å². The van der Waals surface area contributed by atoms with Gasteiger partial charge in [-0.1, -0.05) is 18.2 Å². The second kappa shape index (κ2) is 4.34. The third-order valence-electron chi connectivity index (χ3n) is 3.66. The second-order valence-corrected chi connectivity index (χ2v) is 5.09. The van der Waals surface area contributed by atoms with E-state index in [2.05, 4.69) is 19.9 Å². The summed E-state index contributed by atoms with van der Waals surface area (Å²) in [7, 11) is 0. The highest BCUT2D eigenvalue weighted by Crippen LogP contribution is 2.31. The van der Waals surface area contributed by atoms with Crippen LogP contribution in [0.15, 0.2) is 29.1 Å². The van der Waals surface area contributed by atoms with Crippen LogP contribution in [0, 0.1) is 0 Å². The number of nitrogen functional groups attached to an aromatic ring is 1. The van der Waals surface area contributed by atoms with Gasteiger partial charge < -0.3 is 15.5 Å². The maximum absolute atomic E-state index is 11.8. The Morgan fingerprint density at radius 1 is 1.24 bits per heavy atom. The van der Waals surface area contributed by atoms with Gasteiger partial charge in [0.25, 0.3) is 5.56 Å². The van der Waals surface area contributed by atoms with Crippen LogP contribution in [0.3, 0.4) is 0 Å². The molecule has 0 saturated heterocycles. The van der Waals surface area contributed by atoms with E-state index in [9.17, 15) is 4.79 Å². The first-order valence-electron chi connectivity index (χ1n) is 6.67.